The second kappa shape index (κ2) is 9.47. The van der Waals surface area contributed by atoms with E-state index in [0.29, 0.717) is 12.4 Å². The second-order valence-electron chi connectivity index (χ2n) is 8.76. The maximum atomic E-state index is 13.0. The predicted octanol–water partition coefficient (Wildman–Crippen LogP) is 4.80. The van der Waals surface area contributed by atoms with Crippen molar-refractivity contribution >= 4 is 17.4 Å². The quantitative estimate of drug-likeness (QED) is 0.471. The third-order valence-electron chi connectivity index (χ3n) is 6.53. The number of nitrogens with zero attached hydrogens (tertiary/aromatic N) is 5. The molecule has 172 valence electrons. The SMILES string of the molecule is Cc1cccc(NC(=O)C2CCCN(c3ccc(-n4ccnc4-c4ccccc4)nn3)C2)c1C. The Morgan fingerprint density at radius 2 is 1.76 bits per heavy atom. The zero-order valence-corrected chi connectivity index (χ0v) is 19.5. The van der Waals surface area contributed by atoms with E-state index in [9.17, 15) is 4.79 Å². The highest BCUT2D eigenvalue weighted by molar-refractivity contribution is 5.93. The zero-order valence-electron chi connectivity index (χ0n) is 19.5. The van der Waals surface area contributed by atoms with Gasteiger partial charge in [0.05, 0.1) is 5.92 Å². The van der Waals surface area contributed by atoms with Crippen molar-refractivity contribution in [2.24, 2.45) is 5.92 Å². The number of carbonyl (C=O) groups is 1. The molecule has 0 saturated carbocycles. The molecular weight excluding hydrogens is 424 g/mol. The van der Waals surface area contributed by atoms with E-state index < -0.39 is 0 Å². The van der Waals surface area contributed by atoms with E-state index in [-0.39, 0.29) is 11.8 Å². The average Bonchev–Trinajstić information content (AvgIpc) is 3.38. The van der Waals surface area contributed by atoms with Crippen LogP contribution in [-0.4, -0.2) is 38.7 Å². The molecule has 34 heavy (non-hydrogen) atoms. The van der Waals surface area contributed by atoms with Gasteiger partial charge in [-0.05, 0) is 56.0 Å². The molecule has 2 aromatic carbocycles. The van der Waals surface area contributed by atoms with E-state index in [2.05, 4.69) is 38.4 Å². The largest absolute Gasteiger partial charge is 0.354 e. The van der Waals surface area contributed by atoms with Gasteiger partial charge in [-0.1, -0.05) is 42.5 Å². The number of aromatic nitrogens is 4. The molecule has 4 aromatic rings. The summed E-state index contributed by atoms with van der Waals surface area (Å²) in [5, 5.41) is 12.1. The summed E-state index contributed by atoms with van der Waals surface area (Å²) < 4.78 is 1.93. The first-order valence-corrected chi connectivity index (χ1v) is 11.6. The Kier molecular flexibility index (Phi) is 6.08. The first-order chi connectivity index (χ1) is 16.6. The molecule has 0 spiro atoms. The van der Waals surface area contributed by atoms with Gasteiger partial charge in [0.25, 0.3) is 0 Å². The summed E-state index contributed by atoms with van der Waals surface area (Å²) in [4.78, 5) is 19.6. The van der Waals surface area contributed by atoms with Crippen LogP contribution in [0.3, 0.4) is 0 Å². The molecule has 1 unspecified atom stereocenters. The third-order valence-corrected chi connectivity index (χ3v) is 6.53. The maximum absolute atomic E-state index is 13.0. The monoisotopic (exact) mass is 452 g/mol. The molecular formula is C27H28N6O. The van der Waals surface area contributed by atoms with Gasteiger partial charge in [-0.15, -0.1) is 10.2 Å². The van der Waals surface area contributed by atoms with Crippen LogP contribution in [0.4, 0.5) is 11.5 Å². The minimum absolute atomic E-state index is 0.0638. The van der Waals surface area contributed by atoms with Crippen LogP contribution in [0.1, 0.15) is 24.0 Å². The van der Waals surface area contributed by atoms with E-state index in [1.54, 1.807) is 6.20 Å². The Hall–Kier alpha value is -4.00. The van der Waals surface area contributed by atoms with E-state index in [4.69, 9.17) is 0 Å². The van der Waals surface area contributed by atoms with Gasteiger partial charge in [0, 0.05) is 36.7 Å². The highest BCUT2D eigenvalue weighted by Crippen LogP contribution is 2.25. The van der Waals surface area contributed by atoms with Crippen LogP contribution in [-0.2, 0) is 4.79 Å². The second-order valence-corrected chi connectivity index (χ2v) is 8.76. The number of benzene rings is 2. The van der Waals surface area contributed by atoms with Gasteiger partial charge >= 0.3 is 0 Å². The molecule has 1 atom stereocenters. The maximum Gasteiger partial charge on any atom is 0.229 e. The van der Waals surface area contributed by atoms with Crippen molar-refractivity contribution in [3.05, 3.63) is 84.2 Å². The Bertz CT molecular complexity index is 1280. The normalized spacial score (nSPS) is 15.8. The first kappa shape index (κ1) is 21.8. The Morgan fingerprint density at radius 1 is 0.971 bits per heavy atom. The number of hydrogen-bond donors (Lipinski definition) is 1. The summed E-state index contributed by atoms with van der Waals surface area (Å²) in [6.07, 6.45) is 5.46. The number of piperidine rings is 1. The number of aryl methyl sites for hydroxylation is 1. The zero-order chi connectivity index (χ0) is 23.5. The van der Waals surface area contributed by atoms with Crippen molar-refractivity contribution in [2.75, 3.05) is 23.3 Å². The van der Waals surface area contributed by atoms with Crippen LogP contribution in [0.15, 0.2) is 73.1 Å². The highest BCUT2D eigenvalue weighted by atomic mass is 16.1. The Morgan fingerprint density at radius 3 is 2.56 bits per heavy atom. The lowest BCUT2D eigenvalue weighted by Crippen LogP contribution is -2.41. The summed E-state index contributed by atoms with van der Waals surface area (Å²) in [6.45, 7) is 5.59. The van der Waals surface area contributed by atoms with Crippen LogP contribution in [0, 0.1) is 19.8 Å². The van der Waals surface area contributed by atoms with Gasteiger partial charge in [0.1, 0.15) is 5.82 Å². The molecule has 7 nitrogen and oxygen atoms in total. The summed E-state index contributed by atoms with van der Waals surface area (Å²) in [6, 6.07) is 19.9. The molecule has 0 radical (unpaired) electrons. The fourth-order valence-corrected chi connectivity index (χ4v) is 4.42. The number of carbonyl (C=O) groups excluding carboxylic acids is 1. The summed E-state index contributed by atoms with van der Waals surface area (Å²) in [7, 11) is 0. The molecule has 0 bridgehead atoms. The number of anilines is 2. The number of imidazole rings is 1. The van der Waals surface area contributed by atoms with E-state index in [1.165, 1.54) is 5.56 Å². The van der Waals surface area contributed by atoms with E-state index >= 15 is 0 Å². The lowest BCUT2D eigenvalue weighted by Gasteiger charge is -2.32. The van der Waals surface area contributed by atoms with Crippen LogP contribution in [0.25, 0.3) is 17.2 Å². The van der Waals surface area contributed by atoms with Gasteiger partial charge in [-0.2, -0.15) is 0 Å². The molecule has 1 N–H and O–H groups in total. The first-order valence-electron chi connectivity index (χ1n) is 11.6. The van der Waals surface area contributed by atoms with Crippen molar-refractivity contribution in [1.82, 2.24) is 19.7 Å². The molecule has 3 heterocycles. The fraction of sp³-hybridized carbons (Fsp3) is 0.259. The summed E-state index contributed by atoms with van der Waals surface area (Å²) in [5.74, 6) is 2.29. The van der Waals surface area contributed by atoms with Crippen molar-refractivity contribution in [3.8, 4) is 17.2 Å². The van der Waals surface area contributed by atoms with Crippen molar-refractivity contribution in [2.45, 2.75) is 26.7 Å². The van der Waals surface area contributed by atoms with Gasteiger partial charge in [0.2, 0.25) is 5.91 Å². The van der Waals surface area contributed by atoms with Crippen molar-refractivity contribution < 1.29 is 4.79 Å². The summed E-state index contributed by atoms with van der Waals surface area (Å²) in [5.41, 5.74) is 4.19. The predicted molar refractivity (Wildman–Crippen MR) is 134 cm³/mol. The van der Waals surface area contributed by atoms with Gasteiger partial charge in [-0.25, -0.2) is 4.98 Å². The third kappa shape index (κ3) is 4.41. The molecule has 5 rings (SSSR count). The van der Waals surface area contributed by atoms with Crippen LogP contribution in [0.5, 0.6) is 0 Å². The molecule has 1 aliphatic rings. The number of nitrogens with one attached hydrogen (secondary N) is 1. The fourth-order valence-electron chi connectivity index (χ4n) is 4.42. The van der Waals surface area contributed by atoms with E-state index in [0.717, 1.165) is 47.8 Å². The summed E-state index contributed by atoms with van der Waals surface area (Å²) >= 11 is 0. The molecule has 1 aliphatic heterocycles. The van der Waals surface area contributed by atoms with Gasteiger partial charge in [0.15, 0.2) is 11.6 Å². The molecule has 1 fully saturated rings. The number of amides is 1. The smallest absolute Gasteiger partial charge is 0.229 e. The lowest BCUT2D eigenvalue weighted by molar-refractivity contribution is -0.120. The molecule has 7 heteroatoms. The Balaban J connectivity index is 1.29. The van der Waals surface area contributed by atoms with Crippen LogP contribution < -0.4 is 10.2 Å². The average molecular weight is 453 g/mol. The minimum atomic E-state index is -0.0894. The number of rotatable bonds is 5. The van der Waals surface area contributed by atoms with Crippen molar-refractivity contribution in [1.29, 1.82) is 0 Å². The standard InChI is InChI=1S/C27H28N6O/c1-19-8-6-12-23(20(19)2)29-27(34)22-11-7-16-32(18-22)24-13-14-25(31-30-24)33-17-15-28-26(33)21-9-4-3-5-10-21/h3-6,8-10,12-15,17,22H,7,11,16,18H2,1-2H3,(H,29,34). The molecule has 0 aliphatic carbocycles. The lowest BCUT2D eigenvalue weighted by atomic mass is 9.96. The van der Waals surface area contributed by atoms with Gasteiger partial charge < -0.3 is 10.2 Å². The minimum Gasteiger partial charge on any atom is -0.354 e. The topological polar surface area (TPSA) is 75.9 Å². The van der Waals surface area contributed by atoms with Crippen molar-refractivity contribution in [3.63, 3.8) is 0 Å². The van der Waals surface area contributed by atoms with Crippen LogP contribution in [0.2, 0.25) is 0 Å². The molecule has 1 amide bonds. The highest BCUT2D eigenvalue weighted by Gasteiger charge is 2.27. The number of hydrogen-bond acceptors (Lipinski definition) is 5. The molecule has 2 aromatic heterocycles. The Labute approximate surface area is 199 Å². The van der Waals surface area contributed by atoms with E-state index in [1.807, 2.05) is 72.3 Å². The van der Waals surface area contributed by atoms with Gasteiger partial charge in [-0.3, -0.25) is 9.36 Å². The van der Waals surface area contributed by atoms with Crippen LogP contribution >= 0.6 is 0 Å². The molecule has 1 saturated heterocycles.